The van der Waals surface area contributed by atoms with Crippen molar-refractivity contribution in [3.8, 4) is 5.69 Å². The standard InChI is InChI=1S/C26H25ClFN5OS/c1-16-7-6-8-19(13-16)15-35-26-32-31-24(33(26)23-14-20(27)12-11-17(23)2)18(3)29-25(34)30-22-10-5-4-9-21(22)28/h4-14,18H,15H2,1-3H3,(H2,29,30,34). The first-order valence-corrected chi connectivity index (χ1v) is 12.4. The zero-order valence-electron chi connectivity index (χ0n) is 19.5. The molecule has 0 aliphatic heterocycles. The summed E-state index contributed by atoms with van der Waals surface area (Å²) in [6.45, 7) is 5.84. The van der Waals surface area contributed by atoms with E-state index in [2.05, 4.69) is 46.0 Å². The van der Waals surface area contributed by atoms with Crippen LogP contribution in [-0.4, -0.2) is 20.8 Å². The summed E-state index contributed by atoms with van der Waals surface area (Å²) in [7, 11) is 0. The van der Waals surface area contributed by atoms with Crippen molar-refractivity contribution in [1.82, 2.24) is 20.1 Å². The molecular formula is C26H25ClFN5OS. The Morgan fingerprint density at radius 1 is 1.09 bits per heavy atom. The van der Waals surface area contributed by atoms with Gasteiger partial charge in [-0.1, -0.05) is 71.4 Å². The van der Waals surface area contributed by atoms with Crippen molar-refractivity contribution in [3.05, 3.63) is 100 Å². The average Bonchev–Trinajstić information content (AvgIpc) is 3.25. The van der Waals surface area contributed by atoms with E-state index in [0.29, 0.717) is 21.8 Å². The van der Waals surface area contributed by atoms with Gasteiger partial charge >= 0.3 is 6.03 Å². The van der Waals surface area contributed by atoms with Gasteiger partial charge in [0, 0.05) is 10.8 Å². The van der Waals surface area contributed by atoms with Crippen molar-refractivity contribution in [2.75, 3.05) is 5.32 Å². The van der Waals surface area contributed by atoms with Gasteiger partial charge in [0.2, 0.25) is 0 Å². The number of anilines is 1. The van der Waals surface area contributed by atoms with Crippen LogP contribution in [0.3, 0.4) is 0 Å². The molecule has 0 fully saturated rings. The molecule has 180 valence electrons. The number of amides is 2. The lowest BCUT2D eigenvalue weighted by molar-refractivity contribution is 0.248. The van der Waals surface area contributed by atoms with Crippen molar-refractivity contribution >= 4 is 35.1 Å². The highest BCUT2D eigenvalue weighted by molar-refractivity contribution is 7.98. The Kier molecular flexibility index (Phi) is 7.73. The number of rotatable bonds is 7. The second kappa shape index (κ2) is 10.9. The molecule has 0 saturated heterocycles. The Labute approximate surface area is 212 Å². The highest BCUT2D eigenvalue weighted by Gasteiger charge is 2.22. The number of carbonyl (C=O) groups is 1. The van der Waals surface area contributed by atoms with Crippen LogP contribution in [0.2, 0.25) is 5.02 Å². The molecule has 9 heteroatoms. The number of nitrogens with zero attached hydrogens (tertiary/aromatic N) is 3. The maximum atomic E-state index is 13.9. The van der Waals surface area contributed by atoms with Crippen LogP contribution < -0.4 is 10.6 Å². The van der Waals surface area contributed by atoms with Gasteiger partial charge in [0.1, 0.15) is 5.82 Å². The zero-order chi connectivity index (χ0) is 24.9. The van der Waals surface area contributed by atoms with Gasteiger partial charge in [0.05, 0.1) is 17.4 Å². The molecule has 3 aromatic carbocycles. The SMILES string of the molecule is Cc1cccc(CSc2nnc(C(C)NC(=O)Nc3ccccc3F)n2-c2cc(Cl)ccc2C)c1. The molecule has 6 nitrogen and oxygen atoms in total. The molecule has 0 aliphatic rings. The number of para-hydroxylation sites is 1. The Balaban J connectivity index is 1.62. The van der Waals surface area contributed by atoms with Gasteiger partial charge in [0.15, 0.2) is 11.0 Å². The fourth-order valence-corrected chi connectivity index (χ4v) is 4.70. The Morgan fingerprint density at radius 2 is 1.89 bits per heavy atom. The van der Waals surface area contributed by atoms with Gasteiger partial charge in [-0.25, -0.2) is 9.18 Å². The molecule has 35 heavy (non-hydrogen) atoms. The first-order chi connectivity index (χ1) is 16.8. The van der Waals surface area contributed by atoms with Gasteiger partial charge in [-0.3, -0.25) is 4.57 Å². The molecule has 1 heterocycles. The third kappa shape index (κ3) is 6.01. The number of hydrogen-bond donors (Lipinski definition) is 2. The van der Waals surface area contributed by atoms with Crippen LogP contribution in [0.1, 0.15) is 35.5 Å². The van der Waals surface area contributed by atoms with E-state index in [1.807, 2.05) is 35.8 Å². The summed E-state index contributed by atoms with van der Waals surface area (Å²) in [6.07, 6.45) is 0. The number of thioether (sulfide) groups is 1. The van der Waals surface area contributed by atoms with Crippen LogP contribution >= 0.6 is 23.4 Å². The molecule has 2 amide bonds. The fourth-order valence-electron chi connectivity index (χ4n) is 3.64. The fraction of sp³-hybridized carbons (Fsp3) is 0.192. The molecule has 1 aromatic heterocycles. The molecule has 0 saturated carbocycles. The first-order valence-electron chi connectivity index (χ1n) is 11.0. The summed E-state index contributed by atoms with van der Waals surface area (Å²) >= 11 is 7.87. The van der Waals surface area contributed by atoms with Gasteiger partial charge in [-0.05, 0) is 56.2 Å². The van der Waals surface area contributed by atoms with E-state index in [1.165, 1.54) is 23.3 Å². The number of hydrogen-bond acceptors (Lipinski definition) is 4. The largest absolute Gasteiger partial charge is 0.328 e. The Hall–Kier alpha value is -3.36. The third-order valence-corrected chi connectivity index (χ3v) is 6.61. The predicted molar refractivity (Wildman–Crippen MR) is 139 cm³/mol. The second-order valence-corrected chi connectivity index (χ2v) is 9.56. The summed E-state index contributed by atoms with van der Waals surface area (Å²) in [5, 5.41) is 15.5. The van der Waals surface area contributed by atoms with Crippen LogP contribution in [0.5, 0.6) is 0 Å². The lowest BCUT2D eigenvalue weighted by atomic mass is 10.2. The van der Waals surface area contributed by atoms with E-state index >= 15 is 0 Å². The Bertz CT molecular complexity index is 1360. The molecule has 0 spiro atoms. The van der Waals surface area contributed by atoms with E-state index in [-0.39, 0.29) is 5.69 Å². The maximum absolute atomic E-state index is 13.9. The zero-order valence-corrected chi connectivity index (χ0v) is 21.1. The van der Waals surface area contributed by atoms with Crippen molar-refractivity contribution in [3.63, 3.8) is 0 Å². The number of benzene rings is 3. The molecule has 1 unspecified atom stereocenters. The molecule has 4 aromatic rings. The number of halogens is 2. The van der Waals surface area contributed by atoms with Crippen LogP contribution in [0.4, 0.5) is 14.9 Å². The molecular weight excluding hydrogens is 485 g/mol. The molecule has 1 atom stereocenters. The van der Waals surface area contributed by atoms with E-state index < -0.39 is 17.9 Å². The first kappa shape index (κ1) is 24.8. The molecule has 4 rings (SSSR count). The van der Waals surface area contributed by atoms with Crippen molar-refractivity contribution < 1.29 is 9.18 Å². The number of aromatic nitrogens is 3. The quantitative estimate of drug-likeness (QED) is 0.267. The van der Waals surface area contributed by atoms with Crippen LogP contribution in [0.15, 0.2) is 71.9 Å². The average molecular weight is 510 g/mol. The van der Waals surface area contributed by atoms with E-state index in [4.69, 9.17) is 11.6 Å². The predicted octanol–water partition coefficient (Wildman–Crippen LogP) is 6.85. The number of aryl methyl sites for hydroxylation is 2. The summed E-state index contributed by atoms with van der Waals surface area (Å²) in [6, 6.07) is 18.8. The second-order valence-electron chi connectivity index (χ2n) is 8.18. The smallest absolute Gasteiger partial charge is 0.319 e. The minimum absolute atomic E-state index is 0.0961. The van der Waals surface area contributed by atoms with Crippen molar-refractivity contribution in [2.24, 2.45) is 0 Å². The highest BCUT2D eigenvalue weighted by atomic mass is 35.5. The van der Waals surface area contributed by atoms with Gasteiger partial charge < -0.3 is 10.6 Å². The van der Waals surface area contributed by atoms with Crippen LogP contribution in [0.25, 0.3) is 5.69 Å². The normalized spacial score (nSPS) is 11.8. The third-order valence-electron chi connectivity index (χ3n) is 5.38. The van der Waals surface area contributed by atoms with Crippen LogP contribution in [0, 0.1) is 19.7 Å². The topological polar surface area (TPSA) is 71.8 Å². The summed E-state index contributed by atoms with van der Waals surface area (Å²) in [5.41, 5.74) is 4.26. The lowest BCUT2D eigenvalue weighted by Gasteiger charge is -2.18. The minimum atomic E-state index is -0.547. The van der Waals surface area contributed by atoms with Gasteiger partial charge in [-0.15, -0.1) is 10.2 Å². The van der Waals surface area contributed by atoms with Gasteiger partial charge in [-0.2, -0.15) is 0 Å². The van der Waals surface area contributed by atoms with E-state index in [9.17, 15) is 9.18 Å². The lowest BCUT2D eigenvalue weighted by Crippen LogP contribution is -2.32. The number of nitrogens with one attached hydrogen (secondary N) is 2. The van der Waals surface area contributed by atoms with Crippen molar-refractivity contribution in [1.29, 1.82) is 0 Å². The van der Waals surface area contributed by atoms with E-state index in [0.717, 1.165) is 11.3 Å². The molecule has 0 radical (unpaired) electrons. The number of carbonyl (C=O) groups excluding carboxylic acids is 1. The van der Waals surface area contributed by atoms with Crippen LogP contribution in [-0.2, 0) is 5.75 Å². The summed E-state index contributed by atoms with van der Waals surface area (Å²) in [5.74, 6) is 0.725. The monoisotopic (exact) mass is 509 g/mol. The van der Waals surface area contributed by atoms with Crippen molar-refractivity contribution in [2.45, 2.75) is 37.7 Å². The van der Waals surface area contributed by atoms with Gasteiger partial charge in [0.25, 0.3) is 0 Å². The summed E-state index contributed by atoms with van der Waals surface area (Å²) in [4.78, 5) is 12.6. The maximum Gasteiger partial charge on any atom is 0.319 e. The summed E-state index contributed by atoms with van der Waals surface area (Å²) < 4.78 is 15.9. The Morgan fingerprint density at radius 3 is 2.66 bits per heavy atom. The molecule has 0 aliphatic carbocycles. The molecule has 2 N–H and O–H groups in total. The molecule has 0 bridgehead atoms. The highest BCUT2D eigenvalue weighted by Crippen LogP contribution is 2.30. The number of urea groups is 1. The van der Waals surface area contributed by atoms with E-state index in [1.54, 1.807) is 30.8 Å². The minimum Gasteiger partial charge on any atom is -0.328 e.